The van der Waals surface area contributed by atoms with Gasteiger partial charge in [-0.2, -0.15) is 0 Å². The van der Waals surface area contributed by atoms with Crippen LogP contribution in [0.1, 0.15) is 43.6 Å². The van der Waals surface area contributed by atoms with Crippen molar-refractivity contribution in [3.63, 3.8) is 0 Å². The summed E-state index contributed by atoms with van der Waals surface area (Å²) in [4.78, 5) is 32.5. The Morgan fingerprint density at radius 3 is 2.22 bits per heavy atom. The van der Waals surface area contributed by atoms with E-state index in [-0.39, 0.29) is 33.1 Å². The van der Waals surface area contributed by atoms with Gasteiger partial charge in [-0.3, -0.25) is 19.5 Å². The molecule has 0 bridgehead atoms. The number of benzene rings is 2. The van der Waals surface area contributed by atoms with Crippen LogP contribution in [-0.4, -0.2) is 36.0 Å². The Labute approximate surface area is 214 Å². The number of nitrogens with zero attached hydrogens (tertiary/aromatic N) is 2. The number of aromatic nitrogens is 1. The van der Waals surface area contributed by atoms with Gasteiger partial charge in [-0.15, -0.1) is 0 Å². The SMILES string of the molecule is COc1cc(/C(O)=C2\C(=O)C(=O)N(c3ccc(C(C)(C)C)cc3)C2c2ccccn2)c(OC)cc1Cl. The molecule has 0 radical (unpaired) electrons. The van der Waals surface area contributed by atoms with Gasteiger partial charge in [0.25, 0.3) is 11.7 Å². The maximum Gasteiger partial charge on any atom is 0.300 e. The zero-order valence-electron chi connectivity index (χ0n) is 20.7. The van der Waals surface area contributed by atoms with Crippen molar-refractivity contribution in [2.75, 3.05) is 19.1 Å². The third-order valence-electron chi connectivity index (χ3n) is 6.15. The molecule has 4 rings (SSSR count). The minimum Gasteiger partial charge on any atom is -0.507 e. The van der Waals surface area contributed by atoms with Gasteiger partial charge in [0.2, 0.25) is 0 Å². The Morgan fingerprint density at radius 2 is 1.67 bits per heavy atom. The summed E-state index contributed by atoms with van der Waals surface area (Å²) in [5.41, 5.74) is 1.99. The highest BCUT2D eigenvalue weighted by atomic mass is 35.5. The van der Waals surface area contributed by atoms with Crippen molar-refractivity contribution >= 4 is 34.7 Å². The van der Waals surface area contributed by atoms with Crippen LogP contribution in [0.3, 0.4) is 0 Å². The first-order valence-corrected chi connectivity index (χ1v) is 11.7. The first kappa shape index (κ1) is 25.3. The van der Waals surface area contributed by atoms with Crippen LogP contribution >= 0.6 is 11.6 Å². The number of methoxy groups -OCH3 is 2. The quantitative estimate of drug-likeness (QED) is 0.272. The van der Waals surface area contributed by atoms with Crippen LogP contribution in [0.5, 0.6) is 11.5 Å². The summed E-state index contributed by atoms with van der Waals surface area (Å²) in [5.74, 6) is -1.52. The number of Topliss-reactive ketones (excluding diaryl/α,β-unsaturated/α-hetero) is 1. The minimum atomic E-state index is -0.960. The number of ketones is 1. The number of carbonyl (C=O) groups excluding carboxylic acids is 2. The van der Waals surface area contributed by atoms with Crippen molar-refractivity contribution in [3.05, 3.63) is 88.2 Å². The number of carbonyl (C=O) groups is 2. The molecule has 36 heavy (non-hydrogen) atoms. The Balaban J connectivity index is 1.94. The van der Waals surface area contributed by atoms with E-state index in [0.717, 1.165) is 5.56 Å². The van der Waals surface area contributed by atoms with Gasteiger partial charge >= 0.3 is 0 Å². The van der Waals surface area contributed by atoms with Crippen LogP contribution in [0.15, 0.2) is 66.4 Å². The predicted molar refractivity (Wildman–Crippen MR) is 139 cm³/mol. The molecular weight excluding hydrogens is 480 g/mol. The number of amides is 1. The average molecular weight is 507 g/mol. The summed E-state index contributed by atoms with van der Waals surface area (Å²) >= 11 is 6.23. The second kappa shape index (κ2) is 9.66. The molecule has 1 saturated heterocycles. The lowest BCUT2D eigenvalue weighted by Crippen LogP contribution is -2.30. The van der Waals surface area contributed by atoms with Gasteiger partial charge in [0.1, 0.15) is 23.3 Å². The van der Waals surface area contributed by atoms with Crippen molar-refractivity contribution in [3.8, 4) is 11.5 Å². The Bertz CT molecular complexity index is 1340. The molecular formula is C28H27ClN2O5. The smallest absolute Gasteiger partial charge is 0.300 e. The van der Waals surface area contributed by atoms with E-state index in [2.05, 4.69) is 25.8 Å². The van der Waals surface area contributed by atoms with Crippen LogP contribution in [0.2, 0.25) is 5.02 Å². The van der Waals surface area contributed by atoms with Crippen LogP contribution < -0.4 is 14.4 Å². The fourth-order valence-corrected chi connectivity index (χ4v) is 4.46. The normalized spacial score (nSPS) is 17.4. The molecule has 2 heterocycles. The van der Waals surface area contributed by atoms with E-state index in [9.17, 15) is 14.7 Å². The highest BCUT2D eigenvalue weighted by Crippen LogP contribution is 2.44. The fraction of sp³-hybridized carbons (Fsp3) is 0.250. The molecule has 1 aliphatic heterocycles. The molecule has 3 aromatic rings. The third kappa shape index (κ3) is 4.42. The monoisotopic (exact) mass is 506 g/mol. The molecule has 1 amide bonds. The van der Waals surface area contributed by atoms with Gasteiger partial charge < -0.3 is 14.6 Å². The molecule has 7 nitrogen and oxygen atoms in total. The number of hydrogen-bond donors (Lipinski definition) is 1. The van der Waals surface area contributed by atoms with Gasteiger partial charge in [-0.05, 0) is 41.3 Å². The largest absolute Gasteiger partial charge is 0.507 e. The molecule has 8 heteroatoms. The summed E-state index contributed by atoms with van der Waals surface area (Å²) in [6.07, 6.45) is 1.57. The highest BCUT2D eigenvalue weighted by molar-refractivity contribution is 6.51. The van der Waals surface area contributed by atoms with Gasteiger partial charge in [0.05, 0.1) is 36.1 Å². The molecule has 1 N–H and O–H groups in total. The summed E-state index contributed by atoms with van der Waals surface area (Å²) in [5, 5.41) is 11.7. The maximum atomic E-state index is 13.4. The number of pyridine rings is 1. The number of halogens is 1. The second-order valence-electron chi connectivity index (χ2n) is 9.41. The number of rotatable bonds is 5. The van der Waals surface area contributed by atoms with Crippen LogP contribution in [0.4, 0.5) is 5.69 Å². The summed E-state index contributed by atoms with van der Waals surface area (Å²) in [7, 11) is 2.85. The molecule has 2 aromatic carbocycles. The molecule has 1 aromatic heterocycles. The Kier molecular flexibility index (Phi) is 6.78. The van der Waals surface area contributed by atoms with Crippen LogP contribution in [-0.2, 0) is 15.0 Å². The molecule has 1 unspecified atom stereocenters. The molecule has 1 fully saturated rings. The molecule has 0 spiro atoms. The Morgan fingerprint density at radius 1 is 1.00 bits per heavy atom. The first-order chi connectivity index (χ1) is 17.1. The number of ether oxygens (including phenoxy) is 2. The molecule has 1 atom stereocenters. The van der Waals surface area contributed by atoms with E-state index in [0.29, 0.717) is 11.4 Å². The Hall–Kier alpha value is -3.84. The van der Waals surface area contributed by atoms with Crippen molar-refractivity contribution in [2.24, 2.45) is 0 Å². The molecule has 1 aliphatic rings. The lowest BCUT2D eigenvalue weighted by atomic mass is 9.87. The zero-order chi connectivity index (χ0) is 26.2. The summed E-state index contributed by atoms with van der Waals surface area (Å²) < 4.78 is 10.7. The van der Waals surface area contributed by atoms with Gasteiger partial charge in [-0.25, -0.2) is 0 Å². The van der Waals surface area contributed by atoms with E-state index in [1.54, 1.807) is 36.5 Å². The van der Waals surface area contributed by atoms with Gasteiger partial charge in [0.15, 0.2) is 0 Å². The number of anilines is 1. The minimum absolute atomic E-state index is 0.0860. The third-order valence-corrected chi connectivity index (χ3v) is 6.45. The average Bonchev–Trinajstić information content (AvgIpc) is 3.13. The van der Waals surface area contributed by atoms with Crippen molar-refractivity contribution in [1.29, 1.82) is 0 Å². The zero-order valence-corrected chi connectivity index (χ0v) is 21.5. The van der Waals surface area contributed by atoms with E-state index in [1.165, 1.54) is 31.3 Å². The van der Waals surface area contributed by atoms with Crippen LogP contribution in [0, 0.1) is 0 Å². The van der Waals surface area contributed by atoms with E-state index >= 15 is 0 Å². The predicted octanol–water partition coefficient (Wildman–Crippen LogP) is 5.68. The standard InChI is InChI=1S/C28H27ClN2O5/c1-28(2,3)16-9-11-17(12-10-16)31-24(20-8-6-7-13-30-20)23(26(33)27(31)34)25(32)18-14-22(36-5)19(29)15-21(18)35-4/h6-15,24,32H,1-5H3/b25-23+. The topological polar surface area (TPSA) is 89.0 Å². The molecule has 186 valence electrons. The van der Waals surface area contributed by atoms with Gasteiger partial charge in [0, 0.05) is 18.0 Å². The highest BCUT2D eigenvalue weighted by Gasteiger charge is 2.48. The maximum absolute atomic E-state index is 13.4. The first-order valence-electron chi connectivity index (χ1n) is 11.3. The summed E-state index contributed by atoms with van der Waals surface area (Å²) in [6.45, 7) is 6.28. The lowest BCUT2D eigenvalue weighted by Gasteiger charge is -2.26. The number of hydrogen-bond acceptors (Lipinski definition) is 6. The fourth-order valence-electron chi connectivity index (χ4n) is 4.23. The van der Waals surface area contributed by atoms with Crippen molar-refractivity contribution < 1.29 is 24.2 Å². The summed E-state index contributed by atoms with van der Waals surface area (Å²) in [6, 6.07) is 14.6. The number of aliphatic hydroxyl groups is 1. The van der Waals surface area contributed by atoms with Crippen molar-refractivity contribution in [2.45, 2.75) is 32.2 Å². The van der Waals surface area contributed by atoms with Crippen LogP contribution in [0.25, 0.3) is 5.76 Å². The van der Waals surface area contributed by atoms with E-state index < -0.39 is 23.5 Å². The lowest BCUT2D eigenvalue weighted by molar-refractivity contribution is -0.132. The van der Waals surface area contributed by atoms with E-state index in [4.69, 9.17) is 21.1 Å². The van der Waals surface area contributed by atoms with Gasteiger partial charge in [-0.1, -0.05) is 50.6 Å². The molecule has 0 aliphatic carbocycles. The molecule has 0 saturated carbocycles. The number of aliphatic hydroxyl groups excluding tert-OH is 1. The second-order valence-corrected chi connectivity index (χ2v) is 9.81. The van der Waals surface area contributed by atoms with Crippen molar-refractivity contribution in [1.82, 2.24) is 4.98 Å². The van der Waals surface area contributed by atoms with E-state index in [1.807, 2.05) is 12.1 Å².